The zero-order valence-corrected chi connectivity index (χ0v) is 9.44. The lowest BCUT2D eigenvalue weighted by molar-refractivity contribution is -0.153. The molecule has 94 valence electrons. The van der Waals surface area contributed by atoms with Gasteiger partial charge in [-0.05, 0) is 7.05 Å². The average Bonchev–Trinajstić information content (AvgIpc) is 2.58. The number of nitrogens with one attached hydrogen (secondary N) is 1. The molecular weight excluding hydrogens is 247 g/mol. The van der Waals surface area contributed by atoms with Crippen LogP contribution < -0.4 is 10.1 Å². The van der Waals surface area contributed by atoms with Crippen LogP contribution in [0.1, 0.15) is 0 Å². The van der Waals surface area contributed by atoms with Crippen LogP contribution in [0.2, 0.25) is 0 Å². The quantitative estimate of drug-likeness (QED) is 0.870. The van der Waals surface area contributed by atoms with E-state index in [-0.39, 0.29) is 18.2 Å². The monoisotopic (exact) mass is 259 g/mol. The maximum Gasteiger partial charge on any atom is 0.422 e. The number of aromatic nitrogens is 2. The Morgan fingerprint density at radius 2 is 2.19 bits per heavy atom. The molecule has 0 aliphatic rings. The van der Waals surface area contributed by atoms with Crippen molar-refractivity contribution >= 4 is 12.4 Å². The smallest absolute Gasteiger partial charge is 0.422 e. The first kappa shape index (κ1) is 15.0. The van der Waals surface area contributed by atoms with Gasteiger partial charge in [0, 0.05) is 6.54 Å². The lowest BCUT2D eigenvalue weighted by Gasteiger charge is -2.06. The molecule has 8 heteroatoms. The highest BCUT2D eigenvalue weighted by Gasteiger charge is 2.28. The summed E-state index contributed by atoms with van der Waals surface area (Å²) in [5.74, 6) is 0.128. The summed E-state index contributed by atoms with van der Waals surface area (Å²) in [6.07, 6.45) is -1.61. The van der Waals surface area contributed by atoms with Crippen molar-refractivity contribution in [2.75, 3.05) is 20.2 Å². The molecule has 4 nitrogen and oxygen atoms in total. The standard InChI is InChI=1S/C8H12F3N3O.ClH/c1-12-2-3-14-5-7(4-13-14)15-6-8(9,10)11;/h4-5,12H,2-3,6H2,1H3;1H. The summed E-state index contributed by atoms with van der Waals surface area (Å²) in [7, 11) is 1.78. The Kier molecular flexibility index (Phi) is 6.20. The van der Waals surface area contributed by atoms with Crippen molar-refractivity contribution in [1.82, 2.24) is 15.1 Å². The third-order valence-corrected chi connectivity index (χ3v) is 1.60. The molecule has 1 aromatic rings. The summed E-state index contributed by atoms with van der Waals surface area (Å²) in [5.41, 5.74) is 0. The molecule has 16 heavy (non-hydrogen) atoms. The summed E-state index contributed by atoms with van der Waals surface area (Å²) < 4.78 is 41.4. The van der Waals surface area contributed by atoms with E-state index in [1.165, 1.54) is 17.1 Å². The Labute approximate surface area is 97.2 Å². The van der Waals surface area contributed by atoms with Crippen LogP contribution >= 0.6 is 12.4 Å². The second-order valence-corrected chi connectivity index (χ2v) is 2.95. The summed E-state index contributed by atoms with van der Waals surface area (Å²) in [6, 6.07) is 0. The number of halogens is 4. The van der Waals surface area contributed by atoms with Crippen molar-refractivity contribution in [3.8, 4) is 5.75 Å². The Balaban J connectivity index is 0.00000225. The van der Waals surface area contributed by atoms with Gasteiger partial charge in [-0.2, -0.15) is 18.3 Å². The molecule has 0 atom stereocenters. The first-order valence-electron chi connectivity index (χ1n) is 4.38. The van der Waals surface area contributed by atoms with E-state index in [4.69, 9.17) is 0 Å². The van der Waals surface area contributed by atoms with Crippen molar-refractivity contribution in [2.45, 2.75) is 12.7 Å². The molecule has 0 unspecified atom stereocenters. The SMILES string of the molecule is CNCCn1cc(OCC(F)(F)F)cn1.Cl. The van der Waals surface area contributed by atoms with Gasteiger partial charge in [0.2, 0.25) is 0 Å². The predicted octanol–water partition coefficient (Wildman–Crippen LogP) is 1.47. The lowest BCUT2D eigenvalue weighted by Crippen LogP contribution is -2.19. The molecule has 0 aliphatic carbocycles. The topological polar surface area (TPSA) is 39.1 Å². The highest BCUT2D eigenvalue weighted by molar-refractivity contribution is 5.85. The van der Waals surface area contributed by atoms with Gasteiger partial charge in [0.25, 0.3) is 0 Å². The summed E-state index contributed by atoms with van der Waals surface area (Å²) in [5, 5.41) is 6.74. The third kappa shape index (κ3) is 5.82. The molecule has 0 radical (unpaired) electrons. The van der Waals surface area contributed by atoms with Gasteiger partial charge in [-0.25, -0.2) is 0 Å². The number of hydrogen-bond donors (Lipinski definition) is 1. The molecule has 0 aromatic carbocycles. The van der Waals surface area contributed by atoms with Crippen molar-refractivity contribution in [1.29, 1.82) is 0 Å². The van der Waals surface area contributed by atoms with Crippen LogP contribution in [0.15, 0.2) is 12.4 Å². The molecular formula is C8H13ClF3N3O. The summed E-state index contributed by atoms with van der Waals surface area (Å²) in [6.45, 7) is -0.00299. The first-order valence-corrected chi connectivity index (χ1v) is 4.38. The maximum atomic E-state index is 11.8. The van der Waals surface area contributed by atoms with Crippen LogP contribution in [0, 0.1) is 0 Å². The summed E-state index contributed by atoms with van der Waals surface area (Å²) in [4.78, 5) is 0. The van der Waals surface area contributed by atoms with E-state index in [1.54, 1.807) is 7.05 Å². The van der Waals surface area contributed by atoms with Crippen molar-refractivity contribution < 1.29 is 17.9 Å². The third-order valence-electron chi connectivity index (χ3n) is 1.60. The minimum Gasteiger partial charge on any atom is -0.481 e. The minimum absolute atomic E-state index is 0. The average molecular weight is 260 g/mol. The van der Waals surface area contributed by atoms with Gasteiger partial charge in [0.15, 0.2) is 12.4 Å². The van der Waals surface area contributed by atoms with E-state index in [2.05, 4.69) is 15.2 Å². The highest BCUT2D eigenvalue weighted by atomic mass is 35.5. The molecule has 0 amide bonds. The Bertz CT molecular complexity index is 303. The molecule has 0 fully saturated rings. The normalized spacial score (nSPS) is 11.0. The number of hydrogen-bond acceptors (Lipinski definition) is 3. The van der Waals surface area contributed by atoms with E-state index in [1.807, 2.05) is 0 Å². The Morgan fingerprint density at radius 1 is 1.50 bits per heavy atom. The maximum absolute atomic E-state index is 11.8. The molecule has 0 saturated heterocycles. The first-order chi connectivity index (χ1) is 7.01. The largest absolute Gasteiger partial charge is 0.481 e. The molecule has 1 rings (SSSR count). The zero-order valence-electron chi connectivity index (χ0n) is 8.62. The van der Waals surface area contributed by atoms with Crippen molar-refractivity contribution in [3.05, 3.63) is 12.4 Å². The molecule has 0 spiro atoms. The van der Waals surface area contributed by atoms with Gasteiger partial charge in [0.05, 0.1) is 18.9 Å². The van der Waals surface area contributed by atoms with E-state index in [0.717, 1.165) is 0 Å². The van der Waals surface area contributed by atoms with Crippen molar-refractivity contribution in [2.24, 2.45) is 0 Å². The van der Waals surface area contributed by atoms with Gasteiger partial charge in [-0.15, -0.1) is 12.4 Å². The minimum atomic E-state index is -4.31. The number of alkyl halides is 3. The van der Waals surface area contributed by atoms with Gasteiger partial charge >= 0.3 is 6.18 Å². The fourth-order valence-electron chi connectivity index (χ4n) is 0.933. The van der Waals surface area contributed by atoms with E-state index in [9.17, 15) is 13.2 Å². The highest BCUT2D eigenvalue weighted by Crippen LogP contribution is 2.17. The van der Waals surface area contributed by atoms with Crippen LogP contribution in [0.3, 0.4) is 0 Å². The van der Waals surface area contributed by atoms with Gasteiger partial charge < -0.3 is 10.1 Å². The molecule has 1 heterocycles. The number of rotatable bonds is 5. The lowest BCUT2D eigenvalue weighted by atomic mass is 10.6. The van der Waals surface area contributed by atoms with Crippen LogP contribution in [0.5, 0.6) is 5.75 Å². The second-order valence-electron chi connectivity index (χ2n) is 2.95. The van der Waals surface area contributed by atoms with Crippen LogP contribution in [0.25, 0.3) is 0 Å². The van der Waals surface area contributed by atoms with Gasteiger partial charge in [0.1, 0.15) is 0 Å². The molecule has 0 bridgehead atoms. The van der Waals surface area contributed by atoms with E-state index in [0.29, 0.717) is 13.1 Å². The Morgan fingerprint density at radius 3 is 2.75 bits per heavy atom. The Hall–Kier alpha value is -0.950. The fraction of sp³-hybridized carbons (Fsp3) is 0.625. The van der Waals surface area contributed by atoms with Crippen LogP contribution in [-0.4, -0.2) is 36.2 Å². The van der Waals surface area contributed by atoms with Crippen LogP contribution in [-0.2, 0) is 6.54 Å². The van der Waals surface area contributed by atoms with Crippen molar-refractivity contribution in [3.63, 3.8) is 0 Å². The van der Waals surface area contributed by atoms with Gasteiger partial charge in [-0.3, -0.25) is 4.68 Å². The van der Waals surface area contributed by atoms with Gasteiger partial charge in [-0.1, -0.05) is 0 Å². The summed E-state index contributed by atoms with van der Waals surface area (Å²) >= 11 is 0. The number of ether oxygens (including phenoxy) is 1. The van der Waals surface area contributed by atoms with E-state index >= 15 is 0 Å². The number of likely N-dealkylation sites (N-methyl/N-ethyl adjacent to an activating group) is 1. The zero-order chi connectivity index (χ0) is 11.3. The predicted molar refractivity (Wildman–Crippen MR) is 55.0 cm³/mol. The van der Waals surface area contributed by atoms with E-state index < -0.39 is 12.8 Å². The number of nitrogens with zero attached hydrogens (tertiary/aromatic N) is 2. The molecule has 1 aromatic heterocycles. The van der Waals surface area contributed by atoms with Crippen LogP contribution in [0.4, 0.5) is 13.2 Å². The molecule has 0 saturated carbocycles. The second kappa shape index (κ2) is 6.59. The molecule has 1 N–H and O–H groups in total. The fourth-order valence-corrected chi connectivity index (χ4v) is 0.933. The molecule has 0 aliphatic heterocycles.